The average Bonchev–Trinajstić information content (AvgIpc) is 3.35. The summed E-state index contributed by atoms with van der Waals surface area (Å²) in [6, 6.07) is 0. The quantitative estimate of drug-likeness (QED) is 0.0273. The van der Waals surface area contributed by atoms with Crippen molar-refractivity contribution in [2.75, 3.05) is 65.8 Å². The maximum atomic E-state index is 12.7. The van der Waals surface area contributed by atoms with E-state index in [0.29, 0.717) is 45.8 Å². The molecular weight excluding hydrogens is 905 g/mol. The first-order chi connectivity index (χ1) is 35.0. The Bertz CT molecular complexity index is 1060. The van der Waals surface area contributed by atoms with Crippen molar-refractivity contribution in [3.05, 3.63) is 12.3 Å². The molecule has 0 aliphatic carbocycles. The number of carbonyl (C=O) groups excluding carboxylic acids is 2. The van der Waals surface area contributed by atoms with Crippen molar-refractivity contribution in [2.45, 2.75) is 304 Å². The number of nitrogens with zero attached hydrogens (tertiary/aromatic N) is 1. The molecule has 11 heteroatoms. The fourth-order valence-corrected chi connectivity index (χ4v) is 8.60. The van der Waals surface area contributed by atoms with E-state index in [0.717, 1.165) is 135 Å². The molecule has 0 aromatic carbocycles. The molecule has 11 nitrogen and oxygen atoms in total. The van der Waals surface area contributed by atoms with Crippen molar-refractivity contribution in [1.29, 1.82) is 0 Å². The van der Waals surface area contributed by atoms with Gasteiger partial charge in [0.2, 0.25) is 0 Å². The van der Waals surface area contributed by atoms with Gasteiger partial charge in [0.05, 0.1) is 25.4 Å². The van der Waals surface area contributed by atoms with Crippen LogP contribution in [0.25, 0.3) is 0 Å². The van der Waals surface area contributed by atoms with Crippen molar-refractivity contribution >= 4 is 12.1 Å². The number of hydrogen-bond acceptors (Lipinski definition) is 10. The van der Waals surface area contributed by atoms with E-state index in [9.17, 15) is 9.59 Å². The van der Waals surface area contributed by atoms with E-state index in [-0.39, 0.29) is 24.6 Å². The van der Waals surface area contributed by atoms with Crippen LogP contribution in [0.5, 0.6) is 0 Å². The van der Waals surface area contributed by atoms with Crippen molar-refractivity contribution in [3.63, 3.8) is 0 Å². The Hall–Kier alpha value is -1.92. The summed E-state index contributed by atoms with van der Waals surface area (Å²) in [5, 5.41) is 2.92. The SMILES string of the molecule is C=C(CCC(OCCCCCCCC)OCCCCCCCC)OCCCCCCN(CCCCCCOC(=O)CCC(OCCCCCCCC)OCCCCCCCC)CCCNC(=O)OC(C)(C)C. The molecule has 0 bridgehead atoms. The Morgan fingerprint density at radius 1 is 0.431 bits per heavy atom. The minimum absolute atomic E-state index is 0.161. The lowest BCUT2D eigenvalue weighted by molar-refractivity contribution is -0.159. The number of rotatable bonds is 57. The number of allylic oxidation sites excluding steroid dienone is 1. The summed E-state index contributed by atoms with van der Waals surface area (Å²) in [6.07, 6.45) is 40.5. The smallest absolute Gasteiger partial charge is 0.407 e. The highest BCUT2D eigenvalue weighted by Gasteiger charge is 2.17. The number of carbonyl (C=O) groups is 2. The van der Waals surface area contributed by atoms with Gasteiger partial charge in [0.1, 0.15) is 5.60 Å². The zero-order valence-electron chi connectivity index (χ0n) is 48.7. The fourth-order valence-electron chi connectivity index (χ4n) is 8.60. The molecule has 0 aromatic heterocycles. The van der Waals surface area contributed by atoms with Gasteiger partial charge >= 0.3 is 12.1 Å². The Balaban J connectivity index is 4.69. The van der Waals surface area contributed by atoms with Gasteiger partial charge in [-0.2, -0.15) is 0 Å². The van der Waals surface area contributed by atoms with Crippen LogP contribution in [0.1, 0.15) is 286 Å². The van der Waals surface area contributed by atoms with E-state index >= 15 is 0 Å². The molecule has 0 heterocycles. The standard InChI is InChI=1S/C61H120N2O9/c1-9-13-17-21-27-37-52-68-58(69-53-38-28-22-18-14-10-2)44-42-56(5)66-50-35-31-25-33-47-63(49-41-46-62-60(65)72-61(6,7)8)48-34-26-32-36-51-67-57(64)43-45-59(70-54-39-29-23-19-15-11-3)71-55-40-30-24-20-16-12-4/h58-59H,5,9-55H2,1-4,6-8H3,(H,62,65). The Labute approximate surface area is 445 Å². The lowest BCUT2D eigenvalue weighted by Gasteiger charge is -2.23. The molecule has 1 amide bonds. The van der Waals surface area contributed by atoms with Crippen LogP contribution in [0, 0.1) is 0 Å². The maximum Gasteiger partial charge on any atom is 0.407 e. The van der Waals surface area contributed by atoms with E-state index in [4.69, 9.17) is 33.2 Å². The normalized spacial score (nSPS) is 11.9. The lowest BCUT2D eigenvalue weighted by atomic mass is 10.1. The summed E-state index contributed by atoms with van der Waals surface area (Å²) in [5.41, 5.74) is -0.509. The molecule has 0 aromatic rings. The molecule has 0 rings (SSSR count). The number of ether oxygens (including phenoxy) is 7. The van der Waals surface area contributed by atoms with Gasteiger partial charge < -0.3 is 43.4 Å². The molecule has 0 radical (unpaired) electrons. The average molecular weight is 1030 g/mol. The van der Waals surface area contributed by atoms with Crippen LogP contribution in [0.2, 0.25) is 0 Å². The number of alkyl carbamates (subject to hydrolysis) is 1. The molecule has 0 saturated carbocycles. The second-order valence-electron chi connectivity index (χ2n) is 21.6. The molecule has 0 saturated heterocycles. The molecule has 0 fully saturated rings. The van der Waals surface area contributed by atoms with E-state index in [1.54, 1.807) is 0 Å². The minimum Gasteiger partial charge on any atom is -0.499 e. The molecule has 72 heavy (non-hydrogen) atoms. The van der Waals surface area contributed by atoms with Gasteiger partial charge in [-0.25, -0.2) is 4.79 Å². The van der Waals surface area contributed by atoms with Crippen molar-refractivity contribution in [1.82, 2.24) is 10.2 Å². The molecule has 0 spiro atoms. The van der Waals surface area contributed by atoms with Crippen LogP contribution < -0.4 is 5.32 Å². The van der Waals surface area contributed by atoms with Crippen LogP contribution >= 0.6 is 0 Å². The first-order valence-corrected chi connectivity index (χ1v) is 30.7. The maximum absolute atomic E-state index is 12.7. The highest BCUT2D eigenvalue weighted by atomic mass is 16.7. The number of unbranched alkanes of at least 4 members (excludes halogenated alkanes) is 26. The molecule has 0 atom stereocenters. The largest absolute Gasteiger partial charge is 0.499 e. The van der Waals surface area contributed by atoms with Crippen molar-refractivity contribution in [3.8, 4) is 0 Å². The molecule has 0 unspecified atom stereocenters. The molecule has 0 aliphatic heterocycles. The summed E-state index contributed by atoms with van der Waals surface area (Å²) in [7, 11) is 0. The van der Waals surface area contributed by atoms with E-state index in [1.165, 1.54) is 128 Å². The first-order valence-electron chi connectivity index (χ1n) is 30.7. The Morgan fingerprint density at radius 2 is 0.764 bits per heavy atom. The highest BCUT2D eigenvalue weighted by molar-refractivity contribution is 5.69. The number of amides is 1. The van der Waals surface area contributed by atoms with E-state index < -0.39 is 5.60 Å². The second kappa shape index (κ2) is 53.9. The zero-order valence-corrected chi connectivity index (χ0v) is 48.7. The molecular formula is C61H120N2O9. The van der Waals surface area contributed by atoms with Gasteiger partial charge in [0.15, 0.2) is 12.6 Å². The van der Waals surface area contributed by atoms with Crippen molar-refractivity contribution < 1.29 is 42.7 Å². The highest BCUT2D eigenvalue weighted by Crippen LogP contribution is 2.17. The van der Waals surface area contributed by atoms with E-state index in [1.807, 2.05) is 20.8 Å². The van der Waals surface area contributed by atoms with Gasteiger partial charge in [-0.3, -0.25) is 4.79 Å². The van der Waals surface area contributed by atoms with Crippen LogP contribution in [0.4, 0.5) is 4.79 Å². The van der Waals surface area contributed by atoms with Crippen LogP contribution in [0.15, 0.2) is 12.3 Å². The minimum atomic E-state index is -0.509. The van der Waals surface area contributed by atoms with Crippen molar-refractivity contribution in [2.24, 2.45) is 0 Å². The van der Waals surface area contributed by atoms with Gasteiger partial charge in [-0.15, -0.1) is 0 Å². The third-order valence-corrected chi connectivity index (χ3v) is 13.1. The molecule has 428 valence electrons. The Kier molecular flexibility index (Phi) is 52.5. The van der Waals surface area contributed by atoms with Gasteiger partial charge in [0, 0.05) is 52.2 Å². The summed E-state index contributed by atoms with van der Waals surface area (Å²) in [4.78, 5) is 27.5. The number of hydrogen-bond donors (Lipinski definition) is 1. The van der Waals surface area contributed by atoms with Crippen LogP contribution in [-0.2, 0) is 38.0 Å². The van der Waals surface area contributed by atoms with Crippen LogP contribution in [0.3, 0.4) is 0 Å². The van der Waals surface area contributed by atoms with E-state index in [2.05, 4.69) is 44.5 Å². The summed E-state index contributed by atoms with van der Waals surface area (Å²) in [5.74, 6) is 0.665. The molecule has 1 N–H and O–H groups in total. The summed E-state index contributed by atoms with van der Waals surface area (Å²) in [6.45, 7) is 26.5. The zero-order chi connectivity index (χ0) is 52.9. The monoisotopic (exact) mass is 1020 g/mol. The van der Waals surface area contributed by atoms with Gasteiger partial charge in [0.25, 0.3) is 0 Å². The topological polar surface area (TPSA) is 114 Å². The third-order valence-electron chi connectivity index (χ3n) is 13.1. The van der Waals surface area contributed by atoms with Gasteiger partial charge in [-0.05, 0) is 98.2 Å². The fraction of sp³-hybridized carbons (Fsp3) is 0.934. The second-order valence-corrected chi connectivity index (χ2v) is 21.6. The first kappa shape index (κ1) is 70.1. The predicted molar refractivity (Wildman–Crippen MR) is 302 cm³/mol. The third kappa shape index (κ3) is 52.9. The summed E-state index contributed by atoms with van der Waals surface area (Å²) < 4.78 is 41.9. The predicted octanol–water partition coefficient (Wildman–Crippen LogP) is 17.1. The van der Waals surface area contributed by atoms with Crippen LogP contribution in [-0.4, -0.2) is 101 Å². The summed E-state index contributed by atoms with van der Waals surface area (Å²) >= 11 is 0. The Morgan fingerprint density at radius 3 is 1.17 bits per heavy atom. The molecule has 0 aliphatic rings. The lowest BCUT2D eigenvalue weighted by Crippen LogP contribution is -2.35. The number of esters is 1. The van der Waals surface area contributed by atoms with Gasteiger partial charge in [-0.1, -0.05) is 188 Å². The number of nitrogens with one attached hydrogen (secondary N) is 1.